The molecule has 1 aliphatic heterocycles. The predicted octanol–water partition coefficient (Wildman–Crippen LogP) is 1.55. The molecule has 0 saturated carbocycles. The summed E-state index contributed by atoms with van der Waals surface area (Å²) in [6, 6.07) is 6.67. The van der Waals surface area contributed by atoms with E-state index in [1.165, 1.54) is 5.56 Å². The number of rotatable bonds is 3. The fraction of sp³-hybridized carbons (Fsp3) is 0.600. The van der Waals surface area contributed by atoms with Crippen molar-refractivity contribution in [2.24, 2.45) is 0 Å². The number of aliphatic hydroxyl groups is 1. The molecule has 1 aliphatic rings. The van der Waals surface area contributed by atoms with E-state index in [2.05, 4.69) is 36.2 Å². The number of benzene rings is 1. The van der Waals surface area contributed by atoms with Crippen LogP contribution in [0.5, 0.6) is 5.75 Å². The quantitative estimate of drug-likeness (QED) is 0.869. The van der Waals surface area contributed by atoms with E-state index < -0.39 is 0 Å². The second kappa shape index (κ2) is 6.26. The van der Waals surface area contributed by atoms with Crippen molar-refractivity contribution in [3.05, 3.63) is 23.8 Å². The van der Waals surface area contributed by atoms with E-state index in [0.29, 0.717) is 6.04 Å². The Morgan fingerprint density at radius 1 is 1.47 bits per heavy atom. The number of anilines is 1. The number of ether oxygens (including phenoxy) is 1. The van der Waals surface area contributed by atoms with Crippen LogP contribution < -0.4 is 15.0 Å². The molecule has 106 valence electrons. The Morgan fingerprint density at radius 3 is 2.95 bits per heavy atom. The first-order chi connectivity index (χ1) is 9.17. The molecule has 2 unspecified atom stereocenters. The van der Waals surface area contributed by atoms with Crippen LogP contribution in [0.1, 0.15) is 18.9 Å². The van der Waals surface area contributed by atoms with E-state index in [9.17, 15) is 5.11 Å². The topological polar surface area (TPSA) is 44.7 Å². The molecule has 0 spiro atoms. The molecule has 0 bridgehead atoms. The van der Waals surface area contributed by atoms with E-state index >= 15 is 0 Å². The van der Waals surface area contributed by atoms with Gasteiger partial charge < -0.3 is 20.1 Å². The lowest BCUT2D eigenvalue weighted by Gasteiger charge is -2.36. The van der Waals surface area contributed by atoms with Gasteiger partial charge >= 0.3 is 0 Å². The lowest BCUT2D eigenvalue weighted by atomic mass is 10.1. The zero-order valence-electron chi connectivity index (χ0n) is 12.0. The summed E-state index contributed by atoms with van der Waals surface area (Å²) in [6.07, 6.45) is 1.06. The van der Waals surface area contributed by atoms with Crippen molar-refractivity contribution in [3.8, 4) is 5.75 Å². The van der Waals surface area contributed by atoms with Gasteiger partial charge in [0, 0.05) is 12.6 Å². The van der Waals surface area contributed by atoms with Crippen LogP contribution in [-0.2, 0) is 0 Å². The molecule has 0 amide bonds. The maximum Gasteiger partial charge on any atom is 0.142 e. The SMILES string of the molecule is COc1ccc(C)cc1N1C(C)CCNCC1CO. The van der Waals surface area contributed by atoms with Crippen LogP contribution in [0.25, 0.3) is 0 Å². The first-order valence-electron chi connectivity index (χ1n) is 6.92. The monoisotopic (exact) mass is 264 g/mol. The van der Waals surface area contributed by atoms with Gasteiger partial charge in [0.25, 0.3) is 0 Å². The molecule has 0 aliphatic carbocycles. The average molecular weight is 264 g/mol. The number of aryl methyl sites for hydroxylation is 1. The summed E-state index contributed by atoms with van der Waals surface area (Å²) >= 11 is 0. The number of methoxy groups -OCH3 is 1. The van der Waals surface area contributed by atoms with E-state index in [0.717, 1.165) is 30.9 Å². The highest BCUT2D eigenvalue weighted by Gasteiger charge is 2.27. The van der Waals surface area contributed by atoms with Gasteiger partial charge in [-0.05, 0) is 44.5 Å². The molecule has 4 nitrogen and oxygen atoms in total. The van der Waals surface area contributed by atoms with E-state index in [1.54, 1.807) is 7.11 Å². The fourth-order valence-electron chi connectivity index (χ4n) is 2.77. The van der Waals surface area contributed by atoms with Gasteiger partial charge in [0.1, 0.15) is 5.75 Å². The van der Waals surface area contributed by atoms with Crippen molar-refractivity contribution in [1.82, 2.24) is 5.32 Å². The average Bonchev–Trinajstić information content (AvgIpc) is 2.60. The second-order valence-electron chi connectivity index (χ2n) is 5.26. The minimum atomic E-state index is 0.0909. The lowest BCUT2D eigenvalue weighted by molar-refractivity contribution is 0.255. The van der Waals surface area contributed by atoms with Crippen LogP contribution in [0.2, 0.25) is 0 Å². The van der Waals surface area contributed by atoms with Crippen LogP contribution in [-0.4, -0.2) is 44.0 Å². The Balaban J connectivity index is 2.42. The van der Waals surface area contributed by atoms with Crippen LogP contribution in [0.15, 0.2) is 18.2 Å². The summed E-state index contributed by atoms with van der Waals surface area (Å²) in [7, 11) is 1.70. The summed E-state index contributed by atoms with van der Waals surface area (Å²) in [4.78, 5) is 2.30. The zero-order chi connectivity index (χ0) is 13.8. The third kappa shape index (κ3) is 3.01. The molecule has 2 N–H and O–H groups in total. The van der Waals surface area contributed by atoms with E-state index in [-0.39, 0.29) is 12.6 Å². The number of hydrogen-bond acceptors (Lipinski definition) is 4. The minimum Gasteiger partial charge on any atom is -0.495 e. The molecular weight excluding hydrogens is 240 g/mol. The standard InChI is InChI=1S/C15H24N2O2/c1-11-4-5-15(19-3)14(8-11)17-12(2)6-7-16-9-13(17)10-18/h4-5,8,12-13,16,18H,6-7,9-10H2,1-3H3. The third-order valence-corrected chi connectivity index (χ3v) is 3.81. The fourth-order valence-corrected chi connectivity index (χ4v) is 2.77. The Hall–Kier alpha value is -1.26. The molecule has 0 aromatic heterocycles. The van der Waals surface area contributed by atoms with Gasteiger partial charge in [0.2, 0.25) is 0 Å². The highest BCUT2D eigenvalue weighted by Crippen LogP contribution is 2.33. The maximum absolute atomic E-state index is 9.68. The van der Waals surface area contributed by atoms with Crippen molar-refractivity contribution >= 4 is 5.69 Å². The Morgan fingerprint density at radius 2 is 2.26 bits per heavy atom. The Labute approximate surface area is 115 Å². The van der Waals surface area contributed by atoms with E-state index in [4.69, 9.17) is 4.74 Å². The van der Waals surface area contributed by atoms with Gasteiger partial charge in [0.05, 0.1) is 25.4 Å². The van der Waals surface area contributed by atoms with E-state index in [1.807, 2.05) is 6.07 Å². The molecule has 0 radical (unpaired) electrons. The molecule has 1 aromatic rings. The van der Waals surface area contributed by atoms with Gasteiger partial charge in [0.15, 0.2) is 0 Å². The van der Waals surface area contributed by atoms with Crippen molar-refractivity contribution in [2.45, 2.75) is 32.4 Å². The highest BCUT2D eigenvalue weighted by molar-refractivity contribution is 5.61. The highest BCUT2D eigenvalue weighted by atomic mass is 16.5. The molecule has 1 saturated heterocycles. The van der Waals surface area contributed by atoms with Crippen LogP contribution in [0.4, 0.5) is 5.69 Å². The third-order valence-electron chi connectivity index (χ3n) is 3.81. The van der Waals surface area contributed by atoms with Crippen molar-refractivity contribution in [1.29, 1.82) is 0 Å². The number of hydrogen-bond donors (Lipinski definition) is 2. The maximum atomic E-state index is 9.68. The summed E-state index contributed by atoms with van der Waals surface area (Å²) in [5.41, 5.74) is 2.29. The van der Waals surface area contributed by atoms with Crippen LogP contribution >= 0.6 is 0 Å². The summed E-state index contributed by atoms with van der Waals surface area (Å²) in [6.45, 7) is 6.23. The van der Waals surface area contributed by atoms with Gasteiger partial charge in [-0.1, -0.05) is 6.07 Å². The van der Waals surface area contributed by atoms with Crippen molar-refractivity contribution in [3.63, 3.8) is 0 Å². The zero-order valence-corrected chi connectivity index (χ0v) is 12.0. The lowest BCUT2D eigenvalue weighted by Crippen LogP contribution is -2.46. The molecular formula is C15H24N2O2. The summed E-state index contributed by atoms with van der Waals surface area (Å²) in [5, 5.41) is 13.1. The predicted molar refractivity (Wildman–Crippen MR) is 78.0 cm³/mol. The molecule has 1 aromatic carbocycles. The number of nitrogens with zero attached hydrogens (tertiary/aromatic N) is 1. The van der Waals surface area contributed by atoms with Gasteiger partial charge in [-0.25, -0.2) is 0 Å². The minimum absolute atomic E-state index is 0.0909. The van der Waals surface area contributed by atoms with Crippen LogP contribution in [0, 0.1) is 6.92 Å². The second-order valence-corrected chi connectivity index (χ2v) is 5.26. The molecule has 1 heterocycles. The van der Waals surface area contributed by atoms with Crippen LogP contribution in [0.3, 0.4) is 0 Å². The molecule has 2 atom stereocenters. The molecule has 19 heavy (non-hydrogen) atoms. The smallest absolute Gasteiger partial charge is 0.142 e. The largest absolute Gasteiger partial charge is 0.495 e. The normalized spacial score (nSPS) is 24.1. The molecule has 1 fully saturated rings. The van der Waals surface area contributed by atoms with Gasteiger partial charge in [-0.2, -0.15) is 0 Å². The summed E-state index contributed by atoms with van der Waals surface area (Å²) in [5.74, 6) is 0.873. The van der Waals surface area contributed by atoms with Crippen molar-refractivity contribution in [2.75, 3.05) is 31.7 Å². The van der Waals surface area contributed by atoms with Gasteiger partial charge in [-0.15, -0.1) is 0 Å². The van der Waals surface area contributed by atoms with Gasteiger partial charge in [-0.3, -0.25) is 0 Å². The first kappa shape index (κ1) is 14.2. The summed E-state index contributed by atoms with van der Waals surface area (Å²) < 4.78 is 5.49. The molecule has 2 rings (SSSR count). The number of nitrogens with one attached hydrogen (secondary N) is 1. The number of aliphatic hydroxyl groups excluding tert-OH is 1. The molecule has 4 heteroatoms. The Bertz CT molecular complexity index is 423. The first-order valence-corrected chi connectivity index (χ1v) is 6.92. The van der Waals surface area contributed by atoms with Crippen molar-refractivity contribution < 1.29 is 9.84 Å². The Kier molecular flexibility index (Phi) is 4.66.